The van der Waals surface area contributed by atoms with E-state index in [1.54, 1.807) is 24.3 Å². The van der Waals surface area contributed by atoms with E-state index < -0.39 is 0 Å². The van der Waals surface area contributed by atoms with Gasteiger partial charge in [-0.3, -0.25) is 0 Å². The standard InChI is InChI=1S/C32H26N4O2/c37-31-19-27(35-33-25-11-9-21-5-1-3-7-23(21)17-25)13-15-29(31)30-16-14-28(20-32(30)38)36-34-26-12-10-22-6-2-4-8-24(22)18-26/h1-20,33-38H. The third-order valence-corrected chi connectivity index (χ3v) is 6.49. The second kappa shape index (κ2) is 9.95. The Morgan fingerprint density at radius 3 is 1.08 bits per heavy atom. The fourth-order valence-corrected chi connectivity index (χ4v) is 4.50. The van der Waals surface area contributed by atoms with Gasteiger partial charge in [0.15, 0.2) is 0 Å². The molecule has 0 bridgehead atoms. The first-order valence-corrected chi connectivity index (χ1v) is 12.3. The molecule has 0 radical (unpaired) electrons. The molecule has 0 atom stereocenters. The summed E-state index contributed by atoms with van der Waals surface area (Å²) in [7, 11) is 0. The lowest BCUT2D eigenvalue weighted by molar-refractivity contribution is 0.469. The fourth-order valence-electron chi connectivity index (χ4n) is 4.50. The maximum Gasteiger partial charge on any atom is 0.125 e. The fraction of sp³-hybridized carbons (Fsp3) is 0. The second-order valence-corrected chi connectivity index (χ2v) is 9.09. The molecular formula is C32H26N4O2. The lowest BCUT2D eigenvalue weighted by atomic mass is 10.0. The van der Waals surface area contributed by atoms with Crippen molar-refractivity contribution in [2.75, 3.05) is 21.7 Å². The Morgan fingerprint density at radius 1 is 0.342 bits per heavy atom. The lowest BCUT2D eigenvalue weighted by Crippen LogP contribution is -2.08. The van der Waals surface area contributed by atoms with Gasteiger partial charge in [-0.15, -0.1) is 0 Å². The van der Waals surface area contributed by atoms with Gasteiger partial charge in [-0.05, 0) is 70.1 Å². The van der Waals surface area contributed by atoms with Crippen molar-refractivity contribution in [2.24, 2.45) is 0 Å². The molecular weight excluding hydrogens is 472 g/mol. The van der Waals surface area contributed by atoms with Crippen molar-refractivity contribution in [2.45, 2.75) is 0 Å². The molecule has 38 heavy (non-hydrogen) atoms. The Hall–Kier alpha value is -5.36. The molecule has 0 aliphatic carbocycles. The second-order valence-electron chi connectivity index (χ2n) is 9.09. The Morgan fingerprint density at radius 2 is 0.684 bits per heavy atom. The Kier molecular flexibility index (Phi) is 6.04. The largest absolute Gasteiger partial charge is 0.507 e. The van der Waals surface area contributed by atoms with E-state index in [4.69, 9.17) is 0 Å². The number of hydrogen-bond acceptors (Lipinski definition) is 6. The molecule has 6 heteroatoms. The molecule has 6 nitrogen and oxygen atoms in total. The highest BCUT2D eigenvalue weighted by Crippen LogP contribution is 2.38. The number of anilines is 4. The van der Waals surface area contributed by atoms with Crippen molar-refractivity contribution in [3.63, 3.8) is 0 Å². The van der Waals surface area contributed by atoms with Crippen LogP contribution in [0, 0.1) is 0 Å². The van der Waals surface area contributed by atoms with Crippen molar-refractivity contribution < 1.29 is 10.2 Å². The summed E-state index contributed by atoms with van der Waals surface area (Å²) in [5.41, 5.74) is 16.9. The molecule has 0 saturated carbocycles. The quantitative estimate of drug-likeness (QED) is 0.125. The van der Waals surface area contributed by atoms with E-state index in [2.05, 4.69) is 70.2 Å². The SMILES string of the molecule is Oc1cc(NNc2ccc3ccccc3c2)ccc1-c1ccc(NNc2ccc3ccccc3c2)cc1O. The first-order chi connectivity index (χ1) is 18.6. The number of fused-ring (bicyclic) bond motifs is 2. The number of phenolic OH excluding ortho intramolecular Hbond substituents is 2. The van der Waals surface area contributed by atoms with E-state index in [1.807, 2.05) is 48.5 Å². The van der Waals surface area contributed by atoms with Crippen molar-refractivity contribution in [3.05, 3.63) is 121 Å². The molecule has 0 spiro atoms. The Labute approximate surface area is 220 Å². The number of hydrogen-bond donors (Lipinski definition) is 6. The molecule has 0 heterocycles. The Bertz CT molecular complexity index is 1640. The molecule has 0 aliphatic heterocycles. The third kappa shape index (κ3) is 4.83. The van der Waals surface area contributed by atoms with Gasteiger partial charge in [0.25, 0.3) is 0 Å². The third-order valence-electron chi connectivity index (χ3n) is 6.49. The summed E-state index contributed by atoms with van der Waals surface area (Å²) in [5, 5.41) is 26.0. The predicted octanol–water partition coefficient (Wildman–Crippen LogP) is 7.95. The van der Waals surface area contributed by atoms with Gasteiger partial charge in [0.1, 0.15) is 11.5 Å². The minimum atomic E-state index is 0.0561. The van der Waals surface area contributed by atoms with Crippen LogP contribution in [0.2, 0.25) is 0 Å². The van der Waals surface area contributed by atoms with Crippen LogP contribution in [0.25, 0.3) is 32.7 Å². The summed E-state index contributed by atoms with van der Waals surface area (Å²) >= 11 is 0. The van der Waals surface area contributed by atoms with Crippen LogP contribution >= 0.6 is 0 Å². The first kappa shape index (κ1) is 23.1. The number of benzene rings is 6. The van der Waals surface area contributed by atoms with E-state index in [9.17, 15) is 10.2 Å². The van der Waals surface area contributed by atoms with Crippen LogP contribution in [0.4, 0.5) is 22.7 Å². The van der Waals surface area contributed by atoms with E-state index in [0.717, 1.165) is 22.1 Å². The minimum Gasteiger partial charge on any atom is -0.507 e. The van der Waals surface area contributed by atoms with Crippen molar-refractivity contribution in [1.29, 1.82) is 0 Å². The molecule has 186 valence electrons. The average Bonchev–Trinajstić information content (AvgIpc) is 2.95. The van der Waals surface area contributed by atoms with Crippen molar-refractivity contribution >= 4 is 44.3 Å². The summed E-state index contributed by atoms with van der Waals surface area (Å²) in [6.07, 6.45) is 0. The number of rotatable bonds is 7. The van der Waals surface area contributed by atoms with E-state index in [-0.39, 0.29) is 11.5 Å². The Balaban J connectivity index is 1.13. The van der Waals surface area contributed by atoms with Gasteiger partial charge in [0.05, 0.1) is 22.7 Å². The van der Waals surface area contributed by atoms with Gasteiger partial charge >= 0.3 is 0 Å². The van der Waals surface area contributed by atoms with Crippen LogP contribution in [-0.2, 0) is 0 Å². The number of phenols is 2. The van der Waals surface area contributed by atoms with E-state index in [0.29, 0.717) is 22.5 Å². The summed E-state index contributed by atoms with van der Waals surface area (Å²) in [4.78, 5) is 0. The molecule has 6 aromatic carbocycles. The molecule has 0 unspecified atom stereocenters. The maximum absolute atomic E-state index is 10.7. The summed E-state index contributed by atoms with van der Waals surface area (Å²) in [6.45, 7) is 0. The molecule has 6 rings (SSSR count). The zero-order valence-electron chi connectivity index (χ0n) is 20.4. The number of nitrogens with one attached hydrogen (secondary N) is 4. The summed E-state index contributed by atoms with van der Waals surface area (Å²) in [6, 6.07) is 39.0. The van der Waals surface area contributed by atoms with Crippen molar-refractivity contribution in [3.8, 4) is 22.6 Å². The average molecular weight is 499 g/mol. The highest BCUT2D eigenvalue weighted by molar-refractivity contribution is 5.87. The molecule has 6 N–H and O–H groups in total. The highest BCUT2D eigenvalue weighted by Gasteiger charge is 2.11. The number of hydrazine groups is 2. The van der Waals surface area contributed by atoms with Gasteiger partial charge < -0.3 is 31.9 Å². The van der Waals surface area contributed by atoms with Crippen LogP contribution in [0.3, 0.4) is 0 Å². The van der Waals surface area contributed by atoms with Crippen LogP contribution in [0.15, 0.2) is 121 Å². The maximum atomic E-state index is 10.7. The molecule has 0 aromatic heterocycles. The van der Waals surface area contributed by atoms with Gasteiger partial charge in [0, 0.05) is 23.3 Å². The first-order valence-electron chi connectivity index (χ1n) is 12.3. The lowest BCUT2D eigenvalue weighted by Gasteiger charge is -2.14. The van der Waals surface area contributed by atoms with E-state index >= 15 is 0 Å². The van der Waals surface area contributed by atoms with Gasteiger partial charge in [-0.2, -0.15) is 0 Å². The van der Waals surface area contributed by atoms with Crippen LogP contribution in [-0.4, -0.2) is 10.2 Å². The summed E-state index contributed by atoms with van der Waals surface area (Å²) in [5.74, 6) is 0.112. The highest BCUT2D eigenvalue weighted by atomic mass is 16.3. The van der Waals surface area contributed by atoms with Crippen LogP contribution in [0.5, 0.6) is 11.5 Å². The molecule has 6 aromatic rings. The molecule has 0 aliphatic rings. The minimum absolute atomic E-state index is 0.0561. The van der Waals surface area contributed by atoms with Gasteiger partial charge in [-0.1, -0.05) is 60.7 Å². The summed E-state index contributed by atoms with van der Waals surface area (Å²) < 4.78 is 0. The predicted molar refractivity (Wildman–Crippen MR) is 158 cm³/mol. The monoisotopic (exact) mass is 498 g/mol. The van der Waals surface area contributed by atoms with Crippen LogP contribution < -0.4 is 21.7 Å². The van der Waals surface area contributed by atoms with Crippen LogP contribution in [0.1, 0.15) is 0 Å². The van der Waals surface area contributed by atoms with Gasteiger partial charge in [0.2, 0.25) is 0 Å². The van der Waals surface area contributed by atoms with Gasteiger partial charge in [-0.25, -0.2) is 0 Å². The molecule has 0 fully saturated rings. The number of aromatic hydroxyl groups is 2. The smallest absolute Gasteiger partial charge is 0.125 e. The topological polar surface area (TPSA) is 88.6 Å². The zero-order chi connectivity index (χ0) is 25.9. The van der Waals surface area contributed by atoms with Crippen molar-refractivity contribution in [1.82, 2.24) is 0 Å². The molecule has 0 saturated heterocycles. The normalized spacial score (nSPS) is 10.8. The van der Waals surface area contributed by atoms with E-state index in [1.165, 1.54) is 10.8 Å². The molecule has 0 amide bonds. The zero-order valence-corrected chi connectivity index (χ0v) is 20.4.